The molecule has 1 rings (SSSR count). The highest BCUT2D eigenvalue weighted by molar-refractivity contribution is 6.00. The second kappa shape index (κ2) is 7.21. The van der Waals surface area contributed by atoms with E-state index >= 15 is 0 Å². The predicted molar refractivity (Wildman–Crippen MR) is 83.5 cm³/mol. The lowest BCUT2D eigenvalue weighted by atomic mass is 10.2. The van der Waals surface area contributed by atoms with Crippen LogP contribution in [0.3, 0.4) is 0 Å². The molecule has 0 spiro atoms. The molecule has 0 aliphatic carbocycles. The highest BCUT2D eigenvalue weighted by atomic mass is 16.3. The lowest BCUT2D eigenvalue weighted by molar-refractivity contribution is 0.313. The van der Waals surface area contributed by atoms with E-state index in [4.69, 9.17) is 0 Å². The van der Waals surface area contributed by atoms with Gasteiger partial charge in [0.05, 0.1) is 6.54 Å². The number of aliphatic imine (C=N–C) groups is 1. The molecule has 1 aromatic rings. The van der Waals surface area contributed by atoms with Gasteiger partial charge in [-0.05, 0) is 20.0 Å². The molecule has 1 aromatic heterocycles. The van der Waals surface area contributed by atoms with Crippen LogP contribution in [0, 0.1) is 0 Å². The van der Waals surface area contributed by atoms with Crippen LogP contribution in [0.15, 0.2) is 14.6 Å². The quantitative estimate of drug-likeness (QED) is 0.746. The lowest BCUT2D eigenvalue weighted by Crippen LogP contribution is -2.39. The fraction of sp³-hybridized carbons (Fsp3) is 0.643. The molecular formula is C14H24N4O3. The Hall–Kier alpha value is -1.89. The van der Waals surface area contributed by atoms with E-state index in [-0.39, 0.29) is 11.4 Å². The van der Waals surface area contributed by atoms with Gasteiger partial charge in [-0.2, -0.15) is 0 Å². The molecule has 118 valence electrons. The van der Waals surface area contributed by atoms with Crippen molar-refractivity contribution in [1.82, 2.24) is 14.0 Å². The molecule has 0 bridgehead atoms. The summed E-state index contributed by atoms with van der Waals surface area (Å²) in [6, 6.07) is 0. The van der Waals surface area contributed by atoms with Crippen molar-refractivity contribution in [2.45, 2.75) is 20.8 Å². The van der Waals surface area contributed by atoms with Gasteiger partial charge in [-0.3, -0.25) is 18.9 Å². The molecule has 0 aliphatic heterocycles. The number of aromatic nitrogens is 2. The van der Waals surface area contributed by atoms with Crippen LogP contribution in [0.25, 0.3) is 0 Å². The topological polar surface area (TPSA) is 79.8 Å². The molecule has 0 unspecified atom stereocenters. The number of likely N-dealkylation sites (N-methyl/N-ethyl adjacent to an activating group) is 1. The summed E-state index contributed by atoms with van der Waals surface area (Å²) in [6.45, 7) is 9.04. The van der Waals surface area contributed by atoms with Gasteiger partial charge in [0.2, 0.25) is 5.88 Å². The second-order valence-corrected chi connectivity index (χ2v) is 4.90. The Morgan fingerprint density at radius 2 is 1.76 bits per heavy atom. The van der Waals surface area contributed by atoms with Crippen molar-refractivity contribution in [2.24, 2.45) is 19.1 Å². The van der Waals surface area contributed by atoms with E-state index in [1.807, 2.05) is 0 Å². The summed E-state index contributed by atoms with van der Waals surface area (Å²) in [5, 5.41) is 10.0. The summed E-state index contributed by atoms with van der Waals surface area (Å²) in [4.78, 5) is 30.4. The average Bonchev–Trinajstić information content (AvgIpc) is 2.47. The van der Waals surface area contributed by atoms with E-state index in [1.54, 1.807) is 6.92 Å². The molecule has 0 atom stereocenters. The maximum absolute atomic E-state index is 12.1. The van der Waals surface area contributed by atoms with Crippen LogP contribution in [0.4, 0.5) is 0 Å². The van der Waals surface area contributed by atoms with Gasteiger partial charge in [-0.15, -0.1) is 0 Å². The van der Waals surface area contributed by atoms with Crippen LogP contribution in [-0.2, 0) is 14.1 Å². The van der Waals surface area contributed by atoms with Crippen LogP contribution in [-0.4, -0.2) is 51.0 Å². The normalized spacial score (nSPS) is 12.2. The highest BCUT2D eigenvalue weighted by Crippen LogP contribution is 2.10. The third-order valence-electron chi connectivity index (χ3n) is 3.66. The molecule has 0 saturated carbocycles. The smallest absolute Gasteiger partial charge is 0.333 e. The van der Waals surface area contributed by atoms with Crippen LogP contribution in [0.5, 0.6) is 5.88 Å². The molecule has 7 nitrogen and oxygen atoms in total. The minimum atomic E-state index is -0.558. The molecule has 0 radical (unpaired) electrons. The first-order chi connectivity index (χ1) is 9.84. The summed E-state index contributed by atoms with van der Waals surface area (Å²) in [6.07, 6.45) is 0. The number of hydrogen-bond donors (Lipinski definition) is 1. The largest absolute Gasteiger partial charge is 0.494 e. The average molecular weight is 296 g/mol. The molecule has 21 heavy (non-hydrogen) atoms. The number of hydrogen-bond acceptors (Lipinski definition) is 5. The summed E-state index contributed by atoms with van der Waals surface area (Å²) < 4.78 is 2.01. The van der Waals surface area contributed by atoms with Gasteiger partial charge in [-0.25, -0.2) is 4.79 Å². The zero-order valence-electron chi connectivity index (χ0n) is 13.4. The van der Waals surface area contributed by atoms with E-state index in [1.165, 1.54) is 14.1 Å². The van der Waals surface area contributed by atoms with Crippen molar-refractivity contribution < 1.29 is 5.11 Å². The van der Waals surface area contributed by atoms with Gasteiger partial charge in [0, 0.05) is 26.4 Å². The summed E-state index contributed by atoms with van der Waals surface area (Å²) in [5.74, 6) is -0.341. The van der Waals surface area contributed by atoms with Crippen molar-refractivity contribution in [1.29, 1.82) is 0 Å². The maximum atomic E-state index is 12.1. The van der Waals surface area contributed by atoms with Crippen molar-refractivity contribution >= 4 is 5.71 Å². The third-order valence-corrected chi connectivity index (χ3v) is 3.66. The van der Waals surface area contributed by atoms with Gasteiger partial charge in [0.15, 0.2) is 0 Å². The summed E-state index contributed by atoms with van der Waals surface area (Å²) in [5.41, 5.74) is -0.563. The first-order valence-electron chi connectivity index (χ1n) is 7.07. The molecule has 0 fully saturated rings. The number of rotatable bonds is 6. The van der Waals surface area contributed by atoms with Crippen molar-refractivity contribution in [2.75, 3.05) is 26.2 Å². The summed E-state index contributed by atoms with van der Waals surface area (Å²) in [7, 11) is 2.81. The van der Waals surface area contributed by atoms with Gasteiger partial charge < -0.3 is 10.0 Å². The van der Waals surface area contributed by atoms with E-state index in [2.05, 4.69) is 23.7 Å². The van der Waals surface area contributed by atoms with Gasteiger partial charge >= 0.3 is 5.69 Å². The van der Waals surface area contributed by atoms with Crippen molar-refractivity contribution in [3.05, 3.63) is 26.4 Å². The van der Waals surface area contributed by atoms with Crippen molar-refractivity contribution in [3.63, 3.8) is 0 Å². The zero-order valence-corrected chi connectivity index (χ0v) is 13.4. The highest BCUT2D eigenvalue weighted by Gasteiger charge is 2.17. The standard InChI is InChI=1S/C14H24N4O3/c1-6-18(7-2)9-8-15-10(3)11-12(19)16(4)14(21)17(5)13(11)20/h19H,6-9H2,1-5H3. The van der Waals surface area contributed by atoms with Crippen LogP contribution in [0.2, 0.25) is 0 Å². The Morgan fingerprint density at radius 1 is 1.19 bits per heavy atom. The minimum absolute atomic E-state index is 0.0825. The van der Waals surface area contributed by atoms with Crippen LogP contribution >= 0.6 is 0 Å². The fourth-order valence-corrected chi connectivity index (χ4v) is 2.13. The molecule has 7 heteroatoms. The second-order valence-electron chi connectivity index (χ2n) is 4.90. The Labute approximate surface area is 124 Å². The molecule has 1 N–H and O–H groups in total. The van der Waals surface area contributed by atoms with Crippen LogP contribution < -0.4 is 11.2 Å². The molecule has 0 saturated heterocycles. The summed E-state index contributed by atoms with van der Waals surface area (Å²) >= 11 is 0. The zero-order chi connectivity index (χ0) is 16.2. The molecule has 0 aliphatic rings. The first kappa shape index (κ1) is 17.2. The Bertz CT molecular complexity index is 639. The first-order valence-corrected chi connectivity index (χ1v) is 7.07. The number of nitrogens with zero attached hydrogens (tertiary/aromatic N) is 4. The Kier molecular flexibility index (Phi) is 5.90. The van der Waals surface area contributed by atoms with Gasteiger partial charge in [0.1, 0.15) is 5.56 Å². The van der Waals surface area contributed by atoms with Gasteiger partial charge in [-0.1, -0.05) is 13.8 Å². The van der Waals surface area contributed by atoms with Gasteiger partial charge in [0.25, 0.3) is 5.56 Å². The van der Waals surface area contributed by atoms with E-state index < -0.39 is 11.2 Å². The SMILES string of the molecule is CCN(CC)CCN=C(C)c1c(O)n(C)c(=O)n(C)c1=O. The Morgan fingerprint density at radius 3 is 2.29 bits per heavy atom. The monoisotopic (exact) mass is 296 g/mol. The molecule has 0 amide bonds. The molecule has 0 aromatic carbocycles. The molecule has 1 heterocycles. The minimum Gasteiger partial charge on any atom is -0.494 e. The van der Waals surface area contributed by atoms with E-state index in [0.29, 0.717) is 12.3 Å². The van der Waals surface area contributed by atoms with E-state index in [0.717, 1.165) is 28.8 Å². The molecular weight excluding hydrogens is 272 g/mol. The van der Waals surface area contributed by atoms with E-state index in [9.17, 15) is 14.7 Å². The van der Waals surface area contributed by atoms with Crippen LogP contribution in [0.1, 0.15) is 26.3 Å². The Balaban J connectivity index is 3.11. The predicted octanol–water partition coefficient (Wildman–Crippen LogP) is -0.0596. The lowest BCUT2D eigenvalue weighted by Gasteiger charge is -2.16. The number of aromatic hydroxyl groups is 1. The van der Waals surface area contributed by atoms with Crippen molar-refractivity contribution in [3.8, 4) is 5.88 Å². The maximum Gasteiger partial charge on any atom is 0.333 e. The fourth-order valence-electron chi connectivity index (χ4n) is 2.13. The third kappa shape index (κ3) is 3.60.